The molecule has 0 fully saturated rings. The number of aromatic nitrogens is 2. The summed E-state index contributed by atoms with van der Waals surface area (Å²) in [4.78, 5) is 8.80. The van der Waals surface area contributed by atoms with Crippen LogP contribution in [0.25, 0.3) is 17.3 Å². The van der Waals surface area contributed by atoms with Gasteiger partial charge in [0.2, 0.25) is 5.95 Å². The highest BCUT2D eigenvalue weighted by Crippen LogP contribution is 2.42. The van der Waals surface area contributed by atoms with Crippen molar-refractivity contribution in [3.05, 3.63) is 47.7 Å². The summed E-state index contributed by atoms with van der Waals surface area (Å²) in [5, 5.41) is 0. The number of hydrogen-bond acceptors (Lipinski definition) is 5. The van der Waals surface area contributed by atoms with Gasteiger partial charge in [-0.05, 0) is 55.5 Å². The van der Waals surface area contributed by atoms with Crippen LogP contribution in [-0.2, 0) is 0 Å². The van der Waals surface area contributed by atoms with Crippen LogP contribution in [0.15, 0.2) is 42.0 Å². The van der Waals surface area contributed by atoms with E-state index in [1.807, 2.05) is 24.3 Å². The molecule has 1 aliphatic carbocycles. The molecule has 0 radical (unpaired) electrons. The second-order valence-corrected chi connectivity index (χ2v) is 7.92. The van der Waals surface area contributed by atoms with Crippen molar-refractivity contribution in [3.63, 3.8) is 0 Å². The minimum Gasteiger partial charge on any atom is -0.493 e. The van der Waals surface area contributed by atoms with Crippen molar-refractivity contribution in [1.82, 2.24) is 9.97 Å². The zero-order valence-corrected chi connectivity index (χ0v) is 17.3. The number of nitrogens with two attached hydrogens (primary N) is 1. The molecule has 0 bridgehead atoms. The average molecular weight is 380 g/mol. The highest BCUT2D eigenvalue weighted by atomic mass is 16.5. The van der Waals surface area contributed by atoms with Gasteiger partial charge in [0.1, 0.15) is 0 Å². The molecule has 0 spiro atoms. The van der Waals surface area contributed by atoms with Gasteiger partial charge in [-0.2, -0.15) is 0 Å². The maximum absolute atomic E-state index is 5.99. The number of hydrogen-bond donors (Lipinski definition) is 1. The van der Waals surface area contributed by atoms with Crippen LogP contribution in [0.3, 0.4) is 0 Å². The molecule has 3 rings (SSSR count). The molecule has 28 heavy (non-hydrogen) atoms. The number of anilines is 1. The van der Waals surface area contributed by atoms with Crippen molar-refractivity contribution in [2.24, 2.45) is 11.3 Å². The zero-order valence-electron chi connectivity index (χ0n) is 17.3. The molecule has 148 valence electrons. The van der Waals surface area contributed by atoms with Crippen LogP contribution in [0.5, 0.6) is 11.5 Å². The van der Waals surface area contributed by atoms with Gasteiger partial charge in [0, 0.05) is 11.5 Å². The molecule has 1 aromatic heterocycles. The van der Waals surface area contributed by atoms with Gasteiger partial charge >= 0.3 is 0 Å². The molecule has 5 heteroatoms. The second kappa shape index (κ2) is 8.05. The van der Waals surface area contributed by atoms with Gasteiger partial charge in [-0.25, -0.2) is 9.97 Å². The SMILES string of the molecule is COc1ccc(-c2cc(/C=C/C3C(C)=CCCC3(C)C)nc(N)n2)cc1OC. The fourth-order valence-electron chi connectivity index (χ4n) is 3.89. The molecule has 1 aliphatic rings. The van der Waals surface area contributed by atoms with Crippen LogP contribution in [0.2, 0.25) is 0 Å². The third-order valence-corrected chi connectivity index (χ3v) is 5.49. The Balaban J connectivity index is 1.94. The largest absolute Gasteiger partial charge is 0.493 e. The number of nitrogens with zero attached hydrogens (tertiary/aromatic N) is 2. The van der Waals surface area contributed by atoms with Gasteiger partial charge < -0.3 is 15.2 Å². The molecular formula is C23H29N3O2. The maximum atomic E-state index is 5.99. The van der Waals surface area contributed by atoms with Crippen molar-refractivity contribution >= 4 is 12.0 Å². The topological polar surface area (TPSA) is 70.3 Å². The quantitative estimate of drug-likeness (QED) is 0.729. The van der Waals surface area contributed by atoms with Gasteiger partial charge in [-0.1, -0.05) is 31.6 Å². The van der Waals surface area contributed by atoms with Gasteiger partial charge in [-0.3, -0.25) is 0 Å². The van der Waals surface area contributed by atoms with E-state index in [0.29, 0.717) is 17.4 Å². The Hall–Kier alpha value is -2.82. The molecule has 0 amide bonds. The van der Waals surface area contributed by atoms with E-state index in [0.717, 1.165) is 23.4 Å². The minimum absolute atomic E-state index is 0.236. The summed E-state index contributed by atoms with van der Waals surface area (Å²) in [6.45, 7) is 6.85. The van der Waals surface area contributed by atoms with Crippen LogP contribution >= 0.6 is 0 Å². The van der Waals surface area contributed by atoms with E-state index >= 15 is 0 Å². The second-order valence-electron chi connectivity index (χ2n) is 7.92. The van der Waals surface area contributed by atoms with Crippen molar-refractivity contribution in [3.8, 4) is 22.8 Å². The highest BCUT2D eigenvalue weighted by molar-refractivity contribution is 5.67. The first-order chi connectivity index (χ1) is 13.3. The molecule has 1 unspecified atom stereocenters. The van der Waals surface area contributed by atoms with Crippen LogP contribution in [0, 0.1) is 11.3 Å². The monoisotopic (exact) mass is 379 g/mol. The summed E-state index contributed by atoms with van der Waals surface area (Å²) >= 11 is 0. The number of allylic oxidation sites excluding steroid dienone is 3. The van der Waals surface area contributed by atoms with E-state index in [4.69, 9.17) is 15.2 Å². The Labute approximate surface area is 167 Å². The Bertz CT molecular complexity index is 916. The molecule has 2 aromatic rings. The number of methoxy groups -OCH3 is 2. The molecule has 5 nitrogen and oxygen atoms in total. The fourth-order valence-corrected chi connectivity index (χ4v) is 3.89. The third-order valence-electron chi connectivity index (χ3n) is 5.49. The average Bonchev–Trinajstić information content (AvgIpc) is 2.66. The summed E-state index contributed by atoms with van der Waals surface area (Å²) in [5.41, 5.74) is 10.1. The maximum Gasteiger partial charge on any atom is 0.221 e. The van der Waals surface area contributed by atoms with Gasteiger partial charge in [0.25, 0.3) is 0 Å². The normalized spacial score (nSPS) is 18.8. The van der Waals surface area contributed by atoms with Crippen LogP contribution in [0.1, 0.15) is 39.3 Å². The highest BCUT2D eigenvalue weighted by Gasteiger charge is 2.30. The molecule has 1 heterocycles. The number of rotatable bonds is 5. The first-order valence-electron chi connectivity index (χ1n) is 9.56. The summed E-state index contributed by atoms with van der Waals surface area (Å²) in [7, 11) is 3.23. The van der Waals surface area contributed by atoms with Crippen molar-refractivity contribution in [2.75, 3.05) is 20.0 Å². The standard InChI is InChI=1S/C23H29N3O2/c1-15-7-6-12-23(2,3)18(15)10-9-17-14-19(26-22(24)25-17)16-8-11-20(27-4)21(13-16)28-5/h7-11,13-14,18H,6,12H2,1-5H3,(H2,24,25,26)/b10-9+. The molecule has 2 N–H and O–H groups in total. The Morgan fingerprint density at radius 3 is 2.54 bits per heavy atom. The lowest BCUT2D eigenvalue weighted by Gasteiger charge is -2.36. The molecule has 1 atom stereocenters. The Kier molecular flexibility index (Phi) is 5.73. The lowest BCUT2D eigenvalue weighted by atomic mass is 9.68. The molecular weight excluding hydrogens is 350 g/mol. The van der Waals surface area contributed by atoms with Crippen LogP contribution < -0.4 is 15.2 Å². The van der Waals surface area contributed by atoms with Crippen molar-refractivity contribution in [2.45, 2.75) is 33.6 Å². The third kappa shape index (κ3) is 4.19. The lowest BCUT2D eigenvalue weighted by molar-refractivity contribution is 0.256. The first-order valence-corrected chi connectivity index (χ1v) is 9.56. The molecule has 0 aliphatic heterocycles. The number of benzene rings is 1. The van der Waals surface area contributed by atoms with Gasteiger partial charge in [0.15, 0.2) is 11.5 Å². The lowest BCUT2D eigenvalue weighted by Crippen LogP contribution is -2.26. The number of nitrogen functional groups attached to an aromatic ring is 1. The van der Waals surface area contributed by atoms with Gasteiger partial charge in [-0.15, -0.1) is 0 Å². The first kappa shape index (κ1) is 19.9. The van der Waals surface area contributed by atoms with E-state index in [-0.39, 0.29) is 11.4 Å². The van der Waals surface area contributed by atoms with Crippen LogP contribution in [0.4, 0.5) is 5.95 Å². The van der Waals surface area contributed by atoms with Crippen molar-refractivity contribution in [1.29, 1.82) is 0 Å². The van der Waals surface area contributed by atoms with Crippen molar-refractivity contribution < 1.29 is 9.47 Å². The summed E-state index contributed by atoms with van der Waals surface area (Å²) < 4.78 is 10.7. The van der Waals surface area contributed by atoms with E-state index in [2.05, 4.69) is 49.0 Å². The van der Waals surface area contributed by atoms with Crippen LogP contribution in [-0.4, -0.2) is 24.2 Å². The predicted octanol–water partition coefficient (Wildman–Crippen LogP) is 5.14. The number of ether oxygens (including phenoxy) is 2. The summed E-state index contributed by atoms with van der Waals surface area (Å²) in [5.74, 6) is 1.97. The van der Waals surface area contributed by atoms with E-state index in [1.54, 1.807) is 14.2 Å². The van der Waals surface area contributed by atoms with E-state index in [1.165, 1.54) is 12.0 Å². The predicted molar refractivity (Wildman–Crippen MR) is 114 cm³/mol. The Morgan fingerprint density at radius 2 is 1.86 bits per heavy atom. The fraction of sp³-hybridized carbons (Fsp3) is 0.391. The minimum atomic E-state index is 0.236. The zero-order chi connectivity index (χ0) is 20.3. The molecule has 1 aromatic carbocycles. The van der Waals surface area contributed by atoms with E-state index in [9.17, 15) is 0 Å². The smallest absolute Gasteiger partial charge is 0.221 e. The molecule has 0 saturated heterocycles. The summed E-state index contributed by atoms with van der Waals surface area (Å²) in [6.07, 6.45) is 8.96. The summed E-state index contributed by atoms with van der Waals surface area (Å²) in [6, 6.07) is 7.64. The Morgan fingerprint density at radius 1 is 1.11 bits per heavy atom. The van der Waals surface area contributed by atoms with Gasteiger partial charge in [0.05, 0.1) is 25.6 Å². The molecule has 0 saturated carbocycles. The van der Waals surface area contributed by atoms with E-state index < -0.39 is 0 Å².